The van der Waals surface area contributed by atoms with E-state index >= 15 is 0 Å². The molecular weight excluding hydrogens is 2390 g/mol. The molecule has 0 saturated carbocycles. The summed E-state index contributed by atoms with van der Waals surface area (Å²) in [5, 5.41) is -11.0. The van der Waals surface area contributed by atoms with Crippen LogP contribution in [-0.4, -0.2) is 280 Å². The van der Waals surface area contributed by atoms with Gasteiger partial charge in [-0.3, -0.25) is 0 Å². The zero-order valence-corrected chi connectivity index (χ0v) is 83.1. The van der Waals surface area contributed by atoms with Crippen LogP contribution in [0.3, 0.4) is 0 Å². The molecule has 15 rings (SSSR count). The number of fused-ring (bicyclic) bond motifs is 3. The highest BCUT2D eigenvalue weighted by Crippen LogP contribution is 2.39. The molecule has 12 heterocycles. The molecule has 0 spiro atoms. The molecule has 60 nitrogen and oxygen atoms in total. The van der Waals surface area contributed by atoms with Crippen LogP contribution in [0.15, 0.2) is 105 Å². The summed E-state index contributed by atoms with van der Waals surface area (Å²) in [5.41, 5.74) is -2.43. The number of hydrogen-bond acceptors (Lipinski definition) is 60. The van der Waals surface area contributed by atoms with Gasteiger partial charge in [0.15, 0.2) is 17.4 Å². The fourth-order valence-electron chi connectivity index (χ4n) is 8.04. The Balaban J connectivity index is 0.000000307. The van der Waals surface area contributed by atoms with Crippen LogP contribution >= 0.6 is 0 Å². The molecule has 92 heteroatoms. The second-order valence-electron chi connectivity index (χ2n) is 24.5. The van der Waals surface area contributed by atoms with Crippen LogP contribution in [-0.2, 0) is 286 Å². The van der Waals surface area contributed by atoms with Gasteiger partial charge in [0, 0.05) is 0 Å². The zero-order valence-electron chi connectivity index (χ0n) is 63.5. The van der Waals surface area contributed by atoms with Crippen molar-refractivity contribution in [2.75, 3.05) is 51.8 Å². The van der Waals surface area contributed by atoms with Gasteiger partial charge in [-0.1, -0.05) is 12.1 Å². The predicted molar refractivity (Wildman–Crippen MR) is 410 cm³/mol. The van der Waals surface area contributed by atoms with Crippen molar-refractivity contribution in [2.45, 2.75) is 95.9 Å². The molecule has 776 valence electrons. The average Bonchev–Trinajstić information content (AvgIpc) is 1.59. The molecule has 7 fully saturated rings. The minimum Gasteiger partial charge on any atom is -0.226 e. The van der Waals surface area contributed by atoms with Crippen LogP contribution in [0.2, 0.25) is 0 Å². The van der Waals surface area contributed by atoms with Crippen LogP contribution in [0, 0.1) is 17.5 Å². The van der Waals surface area contributed by atoms with E-state index in [2.05, 4.69) is 43.6 Å². The second kappa shape index (κ2) is 40.7. The Morgan fingerprint density at radius 1 is 0.276 bits per heavy atom. The SMILES string of the molecule is CC1C(C)S(=O)(=O)OS1(=O)=O.CC1CS(=O)(=O)OS1(=O)=O.O=S1(=O)C=CS(=O)(=O)O1.O=S1(=O)CC(F)(F)S(=O)(=O)O1.O=S1(=O)CC(F)S(=O)(=O)O1.O=S1(=O)CCCCS(=O)(=O)O1.O=S1(=O)CCCS(=O)(=O)O1.O=S1(=O)CCS(=O)(=O)O1.O=S1(=O)OS(=O)(=O)C(F)=C1F.O=S1(=O)OS(=O)(=O)c2cc(F)c(F)cc21.O=S1(=O)OS(=O)(=O)c2cc(F)ccc21.O=S1(=O)OS(=O)(=O)c2ccccc21. The van der Waals surface area contributed by atoms with Gasteiger partial charge in [-0.05, 0) is 82.5 Å². The lowest BCUT2D eigenvalue weighted by atomic mass is 10.3. The predicted octanol–water partition coefficient (Wildman–Crippen LogP) is -6.45. The van der Waals surface area contributed by atoms with Gasteiger partial charge in [-0.15, -0.1) is 43.6 Å². The Kier molecular flexibility index (Phi) is 36.8. The molecule has 4 unspecified atom stereocenters. The van der Waals surface area contributed by atoms with Crippen LogP contribution in [0.4, 0.5) is 35.1 Å². The quantitative estimate of drug-likeness (QED) is 0.189. The van der Waals surface area contributed by atoms with Gasteiger partial charge in [0.25, 0.3) is 132 Å². The van der Waals surface area contributed by atoms with Crippen LogP contribution in [0.5, 0.6) is 0 Å². The number of alkyl halides is 3. The van der Waals surface area contributed by atoms with E-state index in [4.69, 9.17) is 0 Å². The smallest absolute Gasteiger partial charge is 0.226 e. The van der Waals surface area contributed by atoms with Gasteiger partial charge in [-0.25, -0.2) is 17.6 Å². The largest absolute Gasteiger partial charge is 0.387 e. The lowest BCUT2D eigenvalue weighted by molar-refractivity contribution is 0.117. The van der Waals surface area contributed by atoms with Crippen LogP contribution in [0.1, 0.15) is 40.0 Å². The maximum Gasteiger partial charge on any atom is 0.387 e. The summed E-state index contributed by atoms with van der Waals surface area (Å²) in [5.74, 6) is -8.75. The minimum absolute atomic E-state index is 0.130. The van der Waals surface area contributed by atoms with Gasteiger partial charge in [0.2, 0.25) is 5.50 Å². The molecule has 134 heavy (non-hydrogen) atoms. The fourth-order valence-corrected chi connectivity index (χ4v) is 45.9. The average molecular weight is 2430 g/mol. The molecule has 0 amide bonds. The van der Waals surface area contributed by atoms with Crippen LogP contribution in [0.25, 0.3) is 0 Å². The van der Waals surface area contributed by atoms with E-state index in [0.29, 0.717) is 29.7 Å². The molecule has 3 aromatic carbocycles. The van der Waals surface area contributed by atoms with E-state index in [9.17, 15) is 237 Å². The van der Waals surface area contributed by atoms with Crippen molar-refractivity contribution in [3.63, 3.8) is 0 Å². The molecule has 0 radical (unpaired) electrons. The molecule has 0 bridgehead atoms. The van der Waals surface area contributed by atoms with Gasteiger partial charge in [-0.2, -0.15) is 220 Å². The molecule has 7 saturated heterocycles. The summed E-state index contributed by atoms with van der Waals surface area (Å²) in [6.45, 7) is 3.91. The Bertz CT molecular complexity index is 7890. The van der Waals surface area contributed by atoms with E-state index < -0.39 is 345 Å². The molecule has 12 aliphatic heterocycles. The van der Waals surface area contributed by atoms with Crippen molar-refractivity contribution < 1.29 is 281 Å². The number of benzene rings is 3. The maximum atomic E-state index is 12.7. The molecule has 0 aliphatic carbocycles. The number of halogens is 8. The Morgan fingerprint density at radius 3 is 0.769 bits per heavy atom. The van der Waals surface area contributed by atoms with E-state index in [1.165, 1.54) is 45.0 Å². The Labute approximate surface area is 757 Å². The van der Waals surface area contributed by atoms with Crippen molar-refractivity contribution in [3.05, 3.63) is 93.2 Å². The Morgan fingerprint density at radius 2 is 0.567 bits per heavy atom. The van der Waals surface area contributed by atoms with Crippen molar-refractivity contribution in [3.8, 4) is 0 Å². The van der Waals surface area contributed by atoms with Crippen molar-refractivity contribution in [1.82, 2.24) is 0 Å². The van der Waals surface area contributed by atoms with Gasteiger partial charge >= 0.3 is 127 Å². The monoisotopic (exact) mass is 2430 g/mol. The fraction of sp³-hybridized carbons (Fsp3) is 0.476. The lowest BCUT2D eigenvalue weighted by Crippen LogP contribution is -2.25. The first-order chi connectivity index (χ1) is 59.0. The van der Waals surface area contributed by atoms with Crippen molar-refractivity contribution in [1.29, 1.82) is 0 Å². The third-order valence-electron chi connectivity index (χ3n) is 13.9. The Hall–Kier alpha value is -5.10. The topological polar surface area (TPSA) is 930 Å². The first-order valence-electron chi connectivity index (χ1n) is 31.4. The second-order valence-corrected chi connectivity index (χ2v) is 65.8. The first-order valence-corrected chi connectivity index (χ1v) is 67.1. The van der Waals surface area contributed by atoms with E-state index in [-0.39, 0.29) is 51.4 Å². The summed E-state index contributed by atoms with van der Waals surface area (Å²) in [6, 6.07) is 8.08. The lowest BCUT2D eigenvalue weighted by Gasteiger charge is -2.09. The summed E-state index contributed by atoms with van der Waals surface area (Å²) in [7, 11) is -100. The van der Waals surface area contributed by atoms with Gasteiger partial charge in [0.05, 0.1) is 51.1 Å². The van der Waals surface area contributed by atoms with E-state index in [1.54, 1.807) is 0 Å². The maximum absolute atomic E-state index is 12.7. The molecule has 3 aromatic rings. The van der Waals surface area contributed by atoms with Crippen molar-refractivity contribution in [2.24, 2.45) is 0 Å². The highest BCUT2D eigenvalue weighted by atomic mass is 32.3. The zero-order chi connectivity index (χ0) is 105. The number of hydrogen-bond donors (Lipinski definition) is 0. The van der Waals surface area contributed by atoms with Gasteiger partial charge < -0.3 is 0 Å². The summed E-state index contributed by atoms with van der Waals surface area (Å²) in [4.78, 5) is -3.55. The third-order valence-corrected chi connectivity index (χ3v) is 53.9. The molecular formula is C42H48F8O60S24. The minimum atomic E-state index is -5.25. The highest BCUT2D eigenvalue weighted by molar-refractivity contribution is 8.09. The standard InChI is InChI=1S/C6H2F2O5S2.C6H3FO5S2.C6H4O5S2.2C4H8O5S2.2C3H6O5S2.C2H2F2O5S2.C2F2O5S2.C2H3FO5S2.C2H4O5S2.C2H2O5S2/c7-3-1-5-6(2-4(3)8)15(11,12)13-14(5,9)10;7-4-1-2-5-6(3-4)14(10,11)12-13(5,8)9;7-12(8)5-3-1-2-4-6(5)13(9,10)11-12;1-3-4(2)11(7,8)9-10(3,5)6;5-10(6)3-1-2-4-11(7,8)9-10;1-3-2-9(4,5)8-10(3,6)7;4-9(5)2-1-3-10(6,7)8-9;3-2(4)1-10(5,6)9-11(2,7)8;3-1-2(4)11(7,8)9-10(1,5)6;3-2-1-9(4,5)8-10(2,6)7;2*3-8(4)1-2-9(5,6)7-8/h1-2H;1-3H;1-4H;3-4H,1-2H3;1-4H2;3H,2H2,1H3;1-3H2;1H2;;2H,1H2;1-2H2;1-2H. The normalized spacial score (nSPS) is 28.9. The molecule has 0 aromatic heterocycles. The third kappa shape index (κ3) is 34.1. The van der Waals surface area contributed by atoms with Crippen LogP contribution < -0.4 is 0 Å². The molecule has 12 aliphatic rings. The number of rotatable bonds is 0. The summed E-state index contributed by atoms with van der Waals surface area (Å²) >= 11 is 0. The molecule has 0 N–H and O–H groups in total. The van der Waals surface area contributed by atoms with Crippen molar-refractivity contribution >= 4 is 243 Å². The van der Waals surface area contributed by atoms with Gasteiger partial charge in [0.1, 0.15) is 56.7 Å². The highest BCUT2D eigenvalue weighted by Gasteiger charge is 2.60. The summed E-state index contributed by atoms with van der Waals surface area (Å²) < 4.78 is 648. The molecule has 4 atom stereocenters. The first kappa shape index (κ1) is 121. The summed E-state index contributed by atoms with van der Waals surface area (Å²) in [6.07, 6.45) is 0.827. The van der Waals surface area contributed by atoms with E-state index in [0.717, 1.165) is 12.1 Å². The van der Waals surface area contributed by atoms with E-state index in [1.807, 2.05) is 0 Å².